The smallest absolute Gasteiger partial charge is 0.340 e. The van der Waals surface area contributed by atoms with Crippen molar-refractivity contribution in [1.29, 1.82) is 0 Å². The van der Waals surface area contributed by atoms with Crippen molar-refractivity contribution >= 4 is 17.3 Å². The first-order chi connectivity index (χ1) is 12.5. The predicted molar refractivity (Wildman–Crippen MR) is 90.8 cm³/mol. The minimum atomic E-state index is -0.800. The summed E-state index contributed by atoms with van der Waals surface area (Å²) in [5.41, 5.74) is -0.0164. The number of rotatable bonds is 9. The third kappa shape index (κ3) is 5.15. The number of aliphatic hydroxyl groups excluding tert-OH is 1. The Morgan fingerprint density at radius 1 is 1.23 bits per heavy atom. The van der Waals surface area contributed by atoms with Crippen LogP contribution < -0.4 is 10.1 Å². The number of carbonyl (C=O) groups excluding carboxylic acids is 1. The molecule has 138 valence electrons. The van der Waals surface area contributed by atoms with Gasteiger partial charge in [-0.2, -0.15) is 0 Å². The number of benzene rings is 2. The Labute approximate surface area is 148 Å². The van der Waals surface area contributed by atoms with Crippen LogP contribution in [-0.4, -0.2) is 42.4 Å². The van der Waals surface area contributed by atoms with Gasteiger partial charge < -0.3 is 19.9 Å². The maximum Gasteiger partial charge on any atom is 0.340 e. The van der Waals surface area contributed by atoms with Gasteiger partial charge >= 0.3 is 5.97 Å². The molecule has 0 aromatic heterocycles. The van der Waals surface area contributed by atoms with Gasteiger partial charge in [-0.3, -0.25) is 10.1 Å². The zero-order chi connectivity index (χ0) is 18.9. The molecule has 26 heavy (non-hydrogen) atoms. The van der Waals surface area contributed by atoms with E-state index in [0.717, 1.165) is 6.07 Å². The highest BCUT2D eigenvalue weighted by atomic mass is 19.1. The second-order valence-electron chi connectivity index (χ2n) is 5.05. The molecule has 2 rings (SSSR count). The fourth-order valence-corrected chi connectivity index (χ4v) is 2.08. The molecule has 0 aliphatic carbocycles. The van der Waals surface area contributed by atoms with Crippen LogP contribution in [-0.2, 0) is 4.74 Å². The summed E-state index contributed by atoms with van der Waals surface area (Å²) < 4.78 is 23.6. The fourth-order valence-electron chi connectivity index (χ4n) is 2.08. The molecule has 0 fully saturated rings. The van der Waals surface area contributed by atoms with Crippen molar-refractivity contribution in [2.75, 3.05) is 31.7 Å². The Bertz CT molecular complexity index is 784. The molecule has 2 aromatic carbocycles. The number of ether oxygens (including phenoxy) is 2. The number of para-hydroxylation sites is 1. The summed E-state index contributed by atoms with van der Waals surface area (Å²) >= 11 is 0. The largest absolute Gasteiger partial charge is 0.487 e. The van der Waals surface area contributed by atoms with Crippen LogP contribution in [0.1, 0.15) is 10.4 Å². The lowest BCUT2D eigenvalue weighted by molar-refractivity contribution is -0.384. The molecule has 0 atom stereocenters. The van der Waals surface area contributed by atoms with E-state index in [0.29, 0.717) is 5.69 Å². The summed E-state index contributed by atoms with van der Waals surface area (Å²) in [6.07, 6.45) is 0. The fraction of sp³-hybridized carbons (Fsp3) is 0.235. The second kappa shape index (κ2) is 9.33. The number of non-ortho nitro benzene ring substituents is 1. The Balaban J connectivity index is 1.99. The van der Waals surface area contributed by atoms with Gasteiger partial charge in [-0.1, -0.05) is 12.1 Å². The number of carbonyl (C=O) groups is 1. The van der Waals surface area contributed by atoms with Crippen molar-refractivity contribution in [2.24, 2.45) is 0 Å². The monoisotopic (exact) mass is 364 g/mol. The number of nitro groups is 1. The molecule has 0 aliphatic rings. The van der Waals surface area contributed by atoms with E-state index in [-0.39, 0.29) is 43.4 Å². The molecule has 0 radical (unpaired) electrons. The van der Waals surface area contributed by atoms with Crippen molar-refractivity contribution in [1.82, 2.24) is 0 Å². The molecule has 9 heteroatoms. The van der Waals surface area contributed by atoms with Crippen LogP contribution in [0, 0.1) is 15.9 Å². The van der Waals surface area contributed by atoms with Gasteiger partial charge in [0.05, 0.1) is 17.1 Å². The van der Waals surface area contributed by atoms with Gasteiger partial charge in [-0.05, 0) is 18.2 Å². The molecular formula is C17H17FN2O6. The molecule has 2 N–H and O–H groups in total. The molecule has 0 bridgehead atoms. The molecule has 0 heterocycles. The summed E-state index contributed by atoms with van der Waals surface area (Å²) in [4.78, 5) is 22.5. The predicted octanol–water partition coefficient (Wildman–Crippen LogP) is 2.37. The highest BCUT2D eigenvalue weighted by Gasteiger charge is 2.18. The van der Waals surface area contributed by atoms with Gasteiger partial charge in [0.1, 0.15) is 13.2 Å². The first-order valence-electron chi connectivity index (χ1n) is 7.70. The minimum Gasteiger partial charge on any atom is -0.487 e. The lowest BCUT2D eigenvalue weighted by Crippen LogP contribution is -2.16. The number of hydrogen-bond donors (Lipinski definition) is 2. The van der Waals surface area contributed by atoms with E-state index in [1.807, 2.05) is 0 Å². The molecule has 0 saturated heterocycles. The van der Waals surface area contributed by atoms with Crippen LogP contribution in [0.5, 0.6) is 5.75 Å². The molecule has 0 amide bonds. The first-order valence-corrected chi connectivity index (χ1v) is 7.70. The van der Waals surface area contributed by atoms with Gasteiger partial charge in [-0.25, -0.2) is 9.18 Å². The van der Waals surface area contributed by atoms with Crippen molar-refractivity contribution < 1.29 is 28.7 Å². The number of aliphatic hydroxyl groups is 1. The summed E-state index contributed by atoms with van der Waals surface area (Å²) in [5.74, 6) is -1.30. The van der Waals surface area contributed by atoms with Gasteiger partial charge in [0.2, 0.25) is 0 Å². The lowest BCUT2D eigenvalue weighted by atomic mass is 10.1. The van der Waals surface area contributed by atoms with Crippen molar-refractivity contribution in [2.45, 2.75) is 0 Å². The standard InChI is InChI=1S/C17H17FN2O6/c18-14-3-1-2-4-16(14)25-9-10-26-17(22)13-11-12(20(23)24)5-6-15(13)19-7-8-21/h1-6,11,19,21H,7-10H2. The summed E-state index contributed by atoms with van der Waals surface area (Å²) in [5, 5.41) is 22.5. The number of nitrogens with zero attached hydrogens (tertiary/aromatic N) is 1. The molecular weight excluding hydrogens is 347 g/mol. The number of esters is 1. The average Bonchev–Trinajstić information content (AvgIpc) is 2.64. The molecule has 0 saturated carbocycles. The van der Waals surface area contributed by atoms with Crippen LogP contribution in [0.4, 0.5) is 15.8 Å². The molecule has 0 aliphatic heterocycles. The van der Waals surface area contributed by atoms with E-state index in [1.165, 1.54) is 30.3 Å². The van der Waals surface area contributed by atoms with Crippen molar-refractivity contribution in [3.63, 3.8) is 0 Å². The van der Waals surface area contributed by atoms with Gasteiger partial charge in [0.25, 0.3) is 5.69 Å². The van der Waals surface area contributed by atoms with Crippen molar-refractivity contribution in [3.05, 3.63) is 64.0 Å². The normalized spacial score (nSPS) is 10.2. The van der Waals surface area contributed by atoms with E-state index in [9.17, 15) is 19.3 Å². The zero-order valence-corrected chi connectivity index (χ0v) is 13.7. The van der Waals surface area contributed by atoms with Gasteiger partial charge in [0.15, 0.2) is 11.6 Å². The average molecular weight is 364 g/mol. The summed E-state index contributed by atoms with van der Waals surface area (Å²) in [6, 6.07) is 9.48. The maximum absolute atomic E-state index is 13.4. The van der Waals surface area contributed by atoms with Gasteiger partial charge in [0, 0.05) is 24.4 Å². The third-order valence-corrected chi connectivity index (χ3v) is 3.27. The first kappa shape index (κ1) is 19.1. The Morgan fingerprint density at radius 3 is 2.69 bits per heavy atom. The minimum absolute atomic E-state index is 0.0317. The van der Waals surface area contributed by atoms with Crippen LogP contribution in [0.2, 0.25) is 0 Å². The van der Waals surface area contributed by atoms with E-state index in [1.54, 1.807) is 6.07 Å². The number of halogens is 1. The Kier molecular flexibility index (Phi) is 6.86. The summed E-state index contributed by atoms with van der Waals surface area (Å²) in [6.45, 7) is -0.271. The Hall–Kier alpha value is -3.20. The number of hydrogen-bond acceptors (Lipinski definition) is 7. The quantitative estimate of drug-likeness (QED) is 0.304. The number of nitro benzene ring substituents is 1. The SMILES string of the molecule is O=C(OCCOc1ccccc1F)c1cc([N+](=O)[O-])ccc1NCCO. The second-order valence-corrected chi connectivity index (χ2v) is 5.05. The highest BCUT2D eigenvalue weighted by Crippen LogP contribution is 2.23. The molecule has 2 aromatic rings. The van der Waals surface area contributed by atoms with E-state index < -0.39 is 16.7 Å². The van der Waals surface area contributed by atoms with E-state index >= 15 is 0 Å². The maximum atomic E-state index is 13.4. The van der Waals surface area contributed by atoms with Crippen LogP contribution in [0.3, 0.4) is 0 Å². The Morgan fingerprint density at radius 2 is 2.00 bits per heavy atom. The number of nitrogens with one attached hydrogen (secondary N) is 1. The van der Waals surface area contributed by atoms with E-state index in [2.05, 4.69) is 5.32 Å². The zero-order valence-electron chi connectivity index (χ0n) is 13.7. The number of anilines is 1. The third-order valence-electron chi connectivity index (χ3n) is 3.27. The summed E-state index contributed by atoms with van der Waals surface area (Å²) in [7, 11) is 0. The van der Waals surface area contributed by atoms with Crippen molar-refractivity contribution in [3.8, 4) is 5.75 Å². The van der Waals surface area contributed by atoms with Crippen LogP contribution in [0.15, 0.2) is 42.5 Å². The molecule has 0 unspecified atom stereocenters. The van der Waals surface area contributed by atoms with Crippen LogP contribution in [0.25, 0.3) is 0 Å². The van der Waals surface area contributed by atoms with Crippen LogP contribution >= 0.6 is 0 Å². The van der Waals surface area contributed by atoms with E-state index in [4.69, 9.17) is 14.6 Å². The van der Waals surface area contributed by atoms with Gasteiger partial charge in [-0.15, -0.1) is 0 Å². The molecule has 8 nitrogen and oxygen atoms in total. The lowest BCUT2D eigenvalue weighted by Gasteiger charge is -2.11. The topological polar surface area (TPSA) is 111 Å². The highest BCUT2D eigenvalue weighted by molar-refractivity contribution is 5.96. The molecule has 0 spiro atoms.